The van der Waals surface area contributed by atoms with Gasteiger partial charge in [-0.25, -0.2) is 14.4 Å². The first kappa shape index (κ1) is 22.7. The van der Waals surface area contributed by atoms with Crippen LogP contribution in [0.1, 0.15) is 51.5 Å². The third-order valence-corrected chi connectivity index (χ3v) is 7.36. The normalized spacial score (nSPS) is 25.6. The van der Waals surface area contributed by atoms with Gasteiger partial charge < -0.3 is 20.3 Å². The number of hydrogen-bond donors (Lipinski definition) is 3. The van der Waals surface area contributed by atoms with Crippen LogP contribution in [0.5, 0.6) is 0 Å². The number of halogens is 2. The highest BCUT2D eigenvalue weighted by Crippen LogP contribution is 2.49. The lowest BCUT2D eigenvalue weighted by molar-refractivity contribution is -0.0136. The van der Waals surface area contributed by atoms with Crippen LogP contribution in [0.25, 0.3) is 11.3 Å². The van der Waals surface area contributed by atoms with E-state index in [1.807, 2.05) is 19.9 Å². The van der Waals surface area contributed by atoms with E-state index in [9.17, 15) is 10.2 Å². The van der Waals surface area contributed by atoms with Crippen LogP contribution in [0, 0.1) is 5.82 Å². The number of fused-ring (bicyclic) bond motifs is 1. The number of rotatable bonds is 4. The quantitative estimate of drug-likeness (QED) is 0.615. The maximum atomic E-state index is 15.3. The number of anilines is 1. The van der Waals surface area contributed by atoms with Crippen LogP contribution in [0.15, 0.2) is 23.3 Å². The SMILES string of the molecule is CC1(C)C(C2(O)CCCC2)=Nc2c(F)cc(-c3nc(N[C@@H]4CCOC[C@H]4O)ncc3Cl)cc21. The Kier molecular flexibility index (Phi) is 5.68. The molecule has 1 saturated heterocycles. The van der Waals surface area contributed by atoms with Crippen LogP contribution in [0.2, 0.25) is 5.02 Å². The molecule has 1 aromatic carbocycles. The summed E-state index contributed by atoms with van der Waals surface area (Å²) in [6.07, 6.45) is 4.57. The number of hydrogen-bond acceptors (Lipinski definition) is 7. The minimum atomic E-state index is -0.997. The molecule has 33 heavy (non-hydrogen) atoms. The highest BCUT2D eigenvalue weighted by molar-refractivity contribution is 6.33. The van der Waals surface area contributed by atoms with Gasteiger partial charge in [0.15, 0.2) is 0 Å². The first-order valence-corrected chi connectivity index (χ1v) is 11.8. The number of nitrogens with zero attached hydrogens (tertiary/aromatic N) is 3. The van der Waals surface area contributed by atoms with E-state index in [1.54, 1.807) is 0 Å². The molecule has 1 saturated carbocycles. The minimum Gasteiger partial charge on any atom is -0.389 e. The predicted octanol–water partition coefficient (Wildman–Crippen LogP) is 4.17. The average molecular weight is 475 g/mol. The number of aliphatic hydroxyl groups excluding tert-OH is 1. The largest absolute Gasteiger partial charge is 0.389 e. The summed E-state index contributed by atoms with van der Waals surface area (Å²) in [5.74, 6) is -0.172. The molecule has 176 valence electrons. The number of aliphatic imine (C=N–C) groups is 1. The molecule has 0 unspecified atom stereocenters. The molecule has 3 heterocycles. The Morgan fingerprint density at radius 2 is 2.00 bits per heavy atom. The lowest BCUT2D eigenvalue weighted by Crippen LogP contribution is -2.44. The van der Waals surface area contributed by atoms with Crippen molar-refractivity contribution in [3.8, 4) is 11.3 Å². The molecule has 1 aliphatic carbocycles. The topological polar surface area (TPSA) is 99.9 Å². The number of aromatic nitrogens is 2. The molecule has 2 aliphatic heterocycles. The van der Waals surface area contributed by atoms with Crippen molar-refractivity contribution in [2.24, 2.45) is 4.99 Å². The second-order valence-electron chi connectivity index (χ2n) is 9.75. The van der Waals surface area contributed by atoms with Gasteiger partial charge in [-0.3, -0.25) is 4.99 Å². The molecule has 0 spiro atoms. The van der Waals surface area contributed by atoms with Gasteiger partial charge in [0.05, 0.1) is 41.4 Å². The molecule has 7 nitrogen and oxygen atoms in total. The van der Waals surface area contributed by atoms with Gasteiger partial charge in [-0.15, -0.1) is 0 Å². The van der Waals surface area contributed by atoms with Crippen LogP contribution in [-0.2, 0) is 10.2 Å². The Morgan fingerprint density at radius 1 is 1.24 bits per heavy atom. The fourth-order valence-corrected chi connectivity index (χ4v) is 5.48. The van der Waals surface area contributed by atoms with Crippen molar-refractivity contribution < 1.29 is 19.3 Å². The number of ether oxygens (including phenoxy) is 1. The van der Waals surface area contributed by atoms with Crippen molar-refractivity contribution >= 4 is 28.9 Å². The Labute approximate surface area is 197 Å². The molecule has 0 amide bonds. The fraction of sp³-hybridized carbons (Fsp3) is 0.542. The molecular weight excluding hydrogens is 447 g/mol. The van der Waals surface area contributed by atoms with Crippen LogP contribution < -0.4 is 5.32 Å². The van der Waals surface area contributed by atoms with Crippen molar-refractivity contribution in [1.82, 2.24) is 9.97 Å². The van der Waals surface area contributed by atoms with Crippen LogP contribution >= 0.6 is 11.6 Å². The van der Waals surface area contributed by atoms with Gasteiger partial charge in [-0.2, -0.15) is 0 Å². The van der Waals surface area contributed by atoms with Crippen molar-refractivity contribution in [3.05, 3.63) is 34.7 Å². The molecule has 5 rings (SSSR count). The van der Waals surface area contributed by atoms with Crippen LogP contribution in [-0.4, -0.2) is 56.9 Å². The summed E-state index contributed by atoms with van der Waals surface area (Å²) in [5.41, 5.74) is 0.882. The number of aliphatic hydroxyl groups is 2. The average Bonchev–Trinajstić information content (AvgIpc) is 3.33. The van der Waals surface area contributed by atoms with E-state index in [0.29, 0.717) is 59.4 Å². The molecule has 0 radical (unpaired) electrons. The summed E-state index contributed by atoms with van der Waals surface area (Å²) in [4.78, 5) is 13.4. The first-order valence-electron chi connectivity index (χ1n) is 11.4. The Bertz CT molecular complexity index is 1120. The van der Waals surface area contributed by atoms with Gasteiger partial charge >= 0.3 is 0 Å². The number of benzene rings is 1. The fourth-order valence-electron chi connectivity index (χ4n) is 5.28. The minimum absolute atomic E-state index is 0.244. The maximum absolute atomic E-state index is 15.3. The highest BCUT2D eigenvalue weighted by Gasteiger charge is 2.48. The van der Waals surface area contributed by atoms with Gasteiger partial charge in [0, 0.05) is 17.6 Å². The summed E-state index contributed by atoms with van der Waals surface area (Å²) < 4.78 is 20.6. The van der Waals surface area contributed by atoms with E-state index in [-0.39, 0.29) is 18.3 Å². The summed E-state index contributed by atoms with van der Waals surface area (Å²) in [6.45, 7) is 4.73. The van der Waals surface area contributed by atoms with E-state index >= 15 is 4.39 Å². The monoisotopic (exact) mass is 474 g/mol. The summed E-state index contributed by atoms with van der Waals surface area (Å²) >= 11 is 6.42. The number of nitrogens with one attached hydrogen (secondary N) is 1. The molecular formula is C24H28ClFN4O3. The van der Waals surface area contributed by atoms with E-state index in [1.165, 1.54) is 12.3 Å². The lowest BCUT2D eigenvalue weighted by atomic mass is 9.73. The van der Waals surface area contributed by atoms with E-state index in [0.717, 1.165) is 12.8 Å². The molecule has 9 heteroatoms. The zero-order chi connectivity index (χ0) is 23.4. The molecule has 2 fully saturated rings. The maximum Gasteiger partial charge on any atom is 0.223 e. The lowest BCUT2D eigenvalue weighted by Gasteiger charge is -2.32. The standard InChI is InChI=1S/C24H28ClFN4O3/c1-23(2)14-9-13(10-16(26)20(14)29-21(23)24(32)6-3-4-7-24)19-15(25)11-27-22(30-19)28-17-5-8-33-12-18(17)31/h9-11,17-18,31-32H,3-8,12H2,1-2H3,(H,27,28,30)/t17-,18-/m1/s1. The van der Waals surface area contributed by atoms with E-state index < -0.39 is 22.9 Å². The van der Waals surface area contributed by atoms with Crippen molar-refractivity contribution in [1.29, 1.82) is 0 Å². The Hall–Kier alpha value is -2.13. The van der Waals surface area contributed by atoms with Gasteiger partial charge in [0.25, 0.3) is 0 Å². The van der Waals surface area contributed by atoms with Gasteiger partial charge in [-0.05, 0) is 37.0 Å². The second-order valence-corrected chi connectivity index (χ2v) is 10.2. The second kappa shape index (κ2) is 8.27. The van der Waals surface area contributed by atoms with Crippen LogP contribution in [0.4, 0.5) is 16.0 Å². The van der Waals surface area contributed by atoms with Crippen LogP contribution in [0.3, 0.4) is 0 Å². The molecule has 3 aliphatic rings. The third kappa shape index (κ3) is 3.93. The molecule has 3 N–H and O–H groups in total. The zero-order valence-corrected chi connectivity index (χ0v) is 19.5. The van der Waals surface area contributed by atoms with E-state index in [4.69, 9.17) is 16.3 Å². The van der Waals surface area contributed by atoms with Gasteiger partial charge in [0.2, 0.25) is 5.95 Å². The smallest absolute Gasteiger partial charge is 0.223 e. The first-order chi connectivity index (χ1) is 15.7. The summed E-state index contributed by atoms with van der Waals surface area (Å²) in [5, 5.41) is 24.8. The predicted molar refractivity (Wildman–Crippen MR) is 125 cm³/mol. The Morgan fingerprint density at radius 3 is 2.73 bits per heavy atom. The summed E-state index contributed by atoms with van der Waals surface area (Å²) in [7, 11) is 0. The van der Waals surface area contributed by atoms with Gasteiger partial charge in [-0.1, -0.05) is 38.3 Å². The van der Waals surface area contributed by atoms with Crippen molar-refractivity contribution in [2.45, 2.75) is 69.1 Å². The molecule has 2 atom stereocenters. The zero-order valence-electron chi connectivity index (χ0n) is 18.7. The highest BCUT2D eigenvalue weighted by atomic mass is 35.5. The van der Waals surface area contributed by atoms with Gasteiger partial charge in [0.1, 0.15) is 17.1 Å². The summed E-state index contributed by atoms with van der Waals surface area (Å²) in [6, 6.07) is 2.99. The molecule has 0 bridgehead atoms. The van der Waals surface area contributed by atoms with Crippen molar-refractivity contribution in [3.63, 3.8) is 0 Å². The van der Waals surface area contributed by atoms with E-state index in [2.05, 4.69) is 20.3 Å². The molecule has 1 aromatic heterocycles. The molecule has 2 aromatic rings. The Balaban J connectivity index is 1.50. The third-order valence-electron chi connectivity index (χ3n) is 7.08. The van der Waals surface area contributed by atoms with Crippen molar-refractivity contribution in [2.75, 3.05) is 18.5 Å².